The highest BCUT2D eigenvalue weighted by Gasteiger charge is 2.32. The van der Waals surface area contributed by atoms with Crippen molar-refractivity contribution in [1.82, 2.24) is 9.97 Å². The van der Waals surface area contributed by atoms with Crippen molar-refractivity contribution < 1.29 is 27.0 Å². The Morgan fingerprint density at radius 3 is 2.40 bits per heavy atom. The molecule has 2 aromatic rings. The van der Waals surface area contributed by atoms with Gasteiger partial charge in [0.25, 0.3) is 5.88 Å². The van der Waals surface area contributed by atoms with Gasteiger partial charge in [-0.3, -0.25) is 0 Å². The molecule has 2 rings (SSSR count). The third-order valence-electron chi connectivity index (χ3n) is 2.01. The molecule has 0 aliphatic rings. The van der Waals surface area contributed by atoms with Crippen LogP contribution in [0.5, 0.6) is 17.4 Å². The molecule has 0 aliphatic heterocycles. The van der Waals surface area contributed by atoms with E-state index < -0.39 is 23.8 Å². The van der Waals surface area contributed by atoms with Gasteiger partial charge in [-0.2, -0.15) is 9.37 Å². The van der Waals surface area contributed by atoms with Crippen molar-refractivity contribution in [2.45, 2.75) is 6.36 Å². The van der Waals surface area contributed by atoms with Gasteiger partial charge in [0.1, 0.15) is 0 Å². The number of rotatable bonds is 3. The first-order valence-corrected chi connectivity index (χ1v) is 5.16. The largest absolute Gasteiger partial charge is 0.573 e. The number of hydrogen-bond donors (Lipinski definition) is 1. The van der Waals surface area contributed by atoms with E-state index in [1.807, 2.05) is 0 Å². The Hall–Kier alpha value is -2.58. The number of halogens is 4. The summed E-state index contributed by atoms with van der Waals surface area (Å²) in [6.45, 7) is 0. The normalized spacial score (nSPS) is 11.2. The number of para-hydroxylation sites is 2. The maximum Gasteiger partial charge on any atom is 0.573 e. The first-order valence-electron chi connectivity index (χ1n) is 5.16. The van der Waals surface area contributed by atoms with Gasteiger partial charge in [0, 0.05) is 0 Å². The lowest BCUT2D eigenvalue weighted by Crippen LogP contribution is -2.17. The summed E-state index contributed by atoms with van der Waals surface area (Å²) in [6, 6.07) is 4.88. The van der Waals surface area contributed by atoms with E-state index in [1.54, 1.807) is 0 Å². The number of nitrogens with zero attached hydrogens (tertiary/aromatic N) is 2. The molecule has 1 aromatic heterocycles. The van der Waals surface area contributed by atoms with Crippen molar-refractivity contribution in [3.63, 3.8) is 0 Å². The smallest absolute Gasteiger partial charge is 0.432 e. The van der Waals surface area contributed by atoms with E-state index in [-0.39, 0.29) is 11.7 Å². The van der Waals surface area contributed by atoms with Crippen LogP contribution in [0.1, 0.15) is 0 Å². The van der Waals surface area contributed by atoms with Crippen LogP contribution in [0.4, 0.5) is 23.5 Å². The minimum atomic E-state index is -4.90. The van der Waals surface area contributed by atoms with E-state index in [0.29, 0.717) is 0 Å². The second-order valence-corrected chi connectivity index (χ2v) is 3.48. The molecule has 0 saturated heterocycles. The Labute approximate surface area is 110 Å². The van der Waals surface area contributed by atoms with Crippen molar-refractivity contribution in [3.8, 4) is 17.4 Å². The average Bonchev–Trinajstić information content (AvgIpc) is 2.34. The highest BCUT2D eigenvalue weighted by atomic mass is 19.4. The molecule has 0 aliphatic carbocycles. The lowest BCUT2D eigenvalue weighted by molar-refractivity contribution is -0.275. The van der Waals surface area contributed by atoms with Gasteiger partial charge in [0.15, 0.2) is 11.5 Å². The van der Waals surface area contributed by atoms with Crippen LogP contribution in [0.15, 0.2) is 30.5 Å². The van der Waals surface area contributed by atoms with Crippen LogP contribution in [0.2, 0.25) is 0 Å². The van der Waals surface area contributed by atoms with Gasteiger partial charge in [-0.05, 0) is 12.1 Å². The van der Waals surface area contributed by atoms with Gasteiger partial charge in [0.05, 0.1) is 6.20 Å². The molecular formula is C11H7F4N3O2. The van der Waals surface area contributed by atoms with Crippen LogP contribution in [-0.4, -0.2) is 16.3 Å². The lowest BCUT2D eigenvalue weighted by atomic mass is 10.3. The number of benzene rings is 1. The SMILES string of the molecule is Nc1ncc(F)c(Oc2ccccc2OC(F)(F)F)n1. The highest BCUT2D eigenvalue weighted by Crippen LogP contribution is 2.34. The van der Waals surface area contributed by atoms with Crippen molar-refractivity contribution in [2.75, 3.05) is 5.73 Å². The second kappa shape index (κ2) is 5.19. The van der Waals surface area contributed by atoms with Crippen LogP contribution in [0.3, 0.4) is 0 Å². The zero-order valence-corrected chi connectivity index (χ0v) is 9.69. The predicted molar refractivity (Wildman–Crippen MR) is 59.6 cm³/mol. The molecule has 0 spiro atoms. The van der Waals surface area contributed by atoms with Gasteiger partial charge in [-0.15, -0.1) is 13.2 Å². The molecule has 0 atom stereocenters. The minimum absolute atomic E-state index is 0.282. The number of aromatic nitrogens is 2. The fraction of sp³-hybridized carbons (Fsp3) is 0.0909. The van der Waals surface area contributed by atoms with E-state index in [4.69, 9.17) is 10.5 Å². The molecule has 0 bridgehead atoms. The van der Waals surface area contributed by atoms with Crippen molar-refractivity contribution in [2.24, 2.45) is 0 Å². The number of anilines is 1. The molecular weight excluding hydrogens is 282 g/mol. The van der Waals surface area contributed by atoms with E-state index in [1.165, 1.54) is 18.2 Å². The van der Waals surface area contributed by atoms with E-state index in [2.05, 4.69) is 14.7 Å². The van der Waals surface area contributed by atoms with Gasteiger partial charge >= 0.3 is 6.36 Å². The monoisotopic (exact) mass is 289 g/mol. The fourth-order valence-corrected chi connectivity index (χ4v) is 1.28. The van der Waals surface area contributed by atoms with E-state index >= 15 is 0 Å². The molecule has 1 aromatic carbocycles. The summed E-state index contributed by atoms with van der Waals surface area (Å²) in [4.78, 5) is 6.80. The molecule has 0 amide bonds. The molecule has 0 fully saturated rings. The van der Waals surface area contributed by atoms with Gasteiger partial charge in [0.2, 0.25) is 11.8 Å². The van der Waals surface area contributed by atoms with Crippen molar-refractivity contribution in [1.29, 1.82) is 0 Å². The summed E-state index contributed by atoms with van der Waals surface area (Å²) in [7, 11) is 0. The summed E-state index contributed by atoms with van der Waals surface area (Å²) >= 11 is 0. The standard InChI is InChI=1S/C11H7F4N3O2/c12-6-5-17-10(16)18-9(6)19-7-3-1-2-4-8(7)20-11(13,14)15/h1-5H,(H2,16,17,18). The fourth-order valence-electron chi connectivity index (χ4n) is 1.28. The maximum atomic E-state index is 13.4. The third-order valence-corrected chi connectivity index (χ3v) is 2.01. The van der Waals surface area contributed by atoms with Crippen molar-refractivity contribution >= 4 is 5.95 Å². The molecule has 2 N–H and O–H groups in total. The van der Waals surface area contributed by atoms with E-state index in [9.17, 15) is 17.6 Å². The Morgan fingerprint density at radius 2 is 1.75 bits per heavy atom. The summed E-state index contributed by atoms with van der Waals surface area (Å²) < 4.78 is 58.7. The van der Waals surface area contributed by atoms with Gasteiger partial charge in [-0.25, -0.2) is 4.98 Å². The minimum Gasteiger partial charge on any atom is -0.432 e. The highest BCUT2D eigenvalue weighted by molar-refractivity contribution is 5.42. The van der Waals surface area contributed by atoms with Gasteiger partial charge < -0.3 is 15.2 Å². The Bertz CT molecular complexity index is 619. The first-order chi connectivity index (χ1) is 9.35. The third kappa shape index (κ3) is 3.46. The predicted octanol–water partition coefficient (Wildman–Crippen LogP) is 2.89. The lowest BCUT2D eigenvalue weighted by Gasteiger charge is -2.13. The Kier molecular flexibility index (Phi) is 3.59. The molecule has 0 radical (unpaired) electrons. The number of alkyl halides is 3. The van der Waals surface area contributed by atoms with Crippen LogP contribution in [0, 0.1) is 5.82 Å². The number of nitrogens with two attached hydrogens (primary N) is 1. The second-order valence-electron chi connectivity index (χ2n) is 3.48. The van der Waals surface area contributed by atoms with Gasteiger partial charge in [-0.1, -0.05) is 12.1 Å². The molecule has 5 nitrogen and oxygen atoms in total. The van der Waals surface area contributed by atoms with Crippen molar-refractivity contribution in [3.05, 3.63) is 36.3 Å². The summed E-state index contributed by atoms with van der Waals surface area (Å²) in [5, 5.41) is 0. The number of hydrogen-bond acceptors (Lipinski definition) is 5. The molecule has 0 unspecified atom stereocenters. The average molecular weight is 289 g/mol. The maximum absolute atomic E-state index is 13.4. The summed E-state index contributed by atoms with van der Waals surface area (Å²) in [5.41, 5.74) is 5.24. The van der Waals surface area contributed by atoms with Crippen LogP contribution < -0.4 is 15.2 Å². The summed E-state index contributed by atoms with van der Waals surface area (Å²) in [6.07, 6.45) is -4.16. The molecule has 0 saturated carbocycles. The molecule has 9 heteroatoms. The van der Waals surface area contributed by atoms with Crippen LogP contribution in [-0.2, 0) is 0 Å². The van der Waals surface area contributed by atoms with Crippen LogP contribution in [0.25, 0.3) is 0 Å². The molecule has 20 heavy (non-hydrogen) atoms. The number of nitrogen functional groups attached to an aromatic ring is 1. The Morgan fingerprint density at radius 1 is 1.10 bits per heavy atom. The molecule has 1 heterocycles. The quantitative estimate of drug-likeness (QED) is 0.880. The summed E-state index contributed by atoms with van der Waals surface area (Å²) in [5.74, 6) is -2.84. The zero-order chi connectivity index (χ0) is 14.8. The zero-order valence-electron chi connectivity index (χ0n) is 9.69. The topological polar surface area (TPSA) is 70.3 Å². The first kappa shape index (κ1) is 13.8. The Balaban J connectivity index is 2.32. The van der Waals surface area contributed by atoms with Crippen LogP contribution >= 0.6 is 0 Å². The van der Waals surface area contributed by atoms with E-state index in [0.717, 1.165) is 12.3 Å². The number of ether oxygens (including phenoxy) is 2. The molecule has 106 valence electrons.